The van der Waals surface area contributed by atoms with Gasteiger partial charge in [-0.25, -0.2) is 0 Å². The Bertz CT molecular complexity index is 870. The first-order chi connectivity index (χ1) is 13.0. The lowest BCUT2D eigenvalue weighted by atomic mass is 10.1. The minimum Gasteiger partial charge on any atom is -0.345 e. The van der Waals surface area contributed by atoms with Gasteiger partial charge >= 0.3 is 0 Å². The van der Waals surface area contributed by atoms with Gasteiger partial charge in [-0.1, -0.05) is 22.0 Å². The summed E-state index contributed by atoms with van der Waals surface area (Å²) in [6.45, 7) is 0.820. The Morgan fingerprint density at radius 3 is 2.67 bits per heavy atom. The van der Waals surface area contributed by atoms with E-state index in [1.165, 1.54) is 4.90 Å². The van der Waals surface area contributed by atoms with Gasteiger partial charge in [-0.2, -0.15) is 0 Å². The standard InChI is InChI=1S/C20H20BrN3O3/c1-23(12-9-15-5-2-3-10-22-15)18(25)6-4-11-24-19(26)16-8-7-14(21)13-17(16)20(24)27/h2-3,5,7-8,10,13H,4,6,9,11-12H2,1H3. The molecule has 0 aliphatic carbocycles. The summed E-state index contributed by atoms with van der Waals surface area (Å²) in [5.74, 6) is -0.601. The van der Waals surface area contributed by atoms with Crippen LogP contribution in [-0.4, -0.2) is 52.6 Å². The zero-order valence-corrected chi connectivity index (χ0v) is 16.6. The summed E-state index contributed by atoms with van der Waals surface area (Å²) in [6, 6.07) is 10.8. The quantitative estimate of drug-likeness (QED) is 0.634. The molecule has 0 fully saturated rings. The topological polar surface area (TPSA) is 70.6 Å². The maximum Gasteiger partial charge on any atom is 0.261 e. The molecule has 0 saturated carbocycles. The molecule has 140 valence electrons. The highest BCUT2D eigenvalue weighted by Gasteiger charge is 2.35. The van der Waals surface area contributed by atoms with Crippen LogP contribution in [0.2, 0.25) is 0 Å². The number of halogens is 1. The molecule has 6 nitrogen and oxygen atoms in total. The van der Waals surface area contributed by atoms with Crippen molar-refractivity contribution in [3.63, 3.8) is 0 Å². The number of benzene rings is 1. The zero-order chi connectivity index (χ0) is 19.4. The minimum absolute atomic E-state index is 0.00900. The summed E-state index contributed by atoms with van der Waals surface area (Å²) < 4.78 is 0.758. The van der Waals surface area contributed by atoms with Crippen molar-refractivity contribution in [3.8, 4) is 0 Å². The predicted molar refractivity (Wildman–Crippen MR) is 104 cm³/mol. The minimum atomic E-state index is -0.299. The van der Waals surface area contributed by atoms with Crippen molar-refractivity contribution in [1.29, 1.82) is 0 Å². The Labute approximate surface area is 166 Å². The fourth-order valence-electron chi connectivity index (χ4n) is 3.00. The van der Waals surface area contributed by atoms with E-state index >= 15 is 0 Å². The monoisotopic (exact) mass is 429 g/mol. The lowest BCUT2D eigenvalue weighted by Crippen LogP contribution is -2.33. The molecule has 3 rings (SSSR count). The molecule has 0 radical (unpaired) electrons. The van der Waals surface area contributed by atoms with Gasteiger partial charge in [0.15, 0.2) is 0 Å². The summed E-state index contributed by atoms with van der Waals surface area (Å²) in [6.07, 6.45) is 3.16. The molecule has 1 aromatic carbocycles. The largest absolute Gasteiger partial charge is 0.345 e. The third-order valence-corrected chi connectivity index (χ3v) is 5.05. The molecule has 0 bridgehead atoms. The number of likely N-dealkylation sites (N-methyl/N-ethyl adjacent to an activating group) is 1. The third-order valence-electron chi connectivity index (χ3n) is 4.56. The summed E-state index contributed by atoms with van der Waals surface area (Å²) in [5, 5.41) is 0. The van der Waals surface area contributed by atoms with Crippen LogP contribution in [0.25, 0.3) is 0 Å². The fourth-order valence-corrected chi connectivity index (χ4v) is 3.36. The molecule has 2 heterocycles. The number of pyridine rings is 1. The van der Waals surface area contributed by atoms with E-state index in [9.17, 15) is 14.4 Å². The molecular formula is C20H20BrN3O3. The molecule has 1 aliphatic heterocycles. The van der Waals surface area contributed by atoms with E-state index in [-0.39, 0.29) is 30.7 Å². The Morgan fingerprint density at radius 1 is 1.15 bits per heavy atom. The maximum atomic E-state index is 12.4. The number of carbonyl (C=O) groups is 3. The molecule has 0 spiro atoms. The molecule has 1 aliphatic rings. The van der Waals surface area contributed by atoms with Gasteiger partial charge in [0, 0.05) is 49.3 Å². The van der Waals surface area contributed by atoms with Gasteiger partial charge in [0.25, 0.3) is 11.8 Å². The van der Waals surface area contributed by atoms with Gasteiger partial charge in [-0.3, -0.25) is 24.3 Å². The first-order valence-corrected chi connectivity index (χ1v) is 9.56. The number of amides is 3. The number of hydrogen-bond acceptors (Lipinski definition) is 4. The van der Waals surface area contributed by atoms with Crippen molar-refractivity contribution in [2.45, 2.75) is 19.3 Å². The SMILES string of the molecule is CN(CCc1ccccn1)C(=O)CCCN1C(=O)c2ccc(Br)cc2C1=O. The van der Waals surface area contributed by atoms with Gasteiger partial charge in [0.1, 0.15) is 0 Å². The van der Waals surface area contributed by atoms with Crippen molar-refractivity contribution in [1.82, 2.24) is 14.8 Å². The predicted octanol–water partition coefficient (Wildman–Crippen LogP) is 2.92. The summed E-state index contributed by atoms with van der Waals surface area (Å²) >= 11 is 3.31. The van der Waals surface area contributed by atoms with E-state index in [4.69, 9.17) is 0 Å². The van der Waals surface area contributed by atoms with E-state index in [0.29, 0.717) is 30.5 Å². The van der Waals surface area contributed by atoms with Gasteiger partial charge in [-0.15, -0.1) is 0 Å². The van der Waals surface area contributed by atoms with E-state index < -0.39 is 0 Å². The number of nitrogens with zero attached hydrogens (tertiary/aromatic N) is 3. The fraction of sp³-hybridized carbons (Fsp3) is 0.300. The first kappa shape index (κ1) is 19.2. The van der Waals surface area contributed by atoms with Crippen LogP contribution in [0.15, 0.2) is 47.1 Å². The molecule has 0 atom stereocenters. The average molecular weight is 430 g/mol. The van der Waals surface area contributed by atoms with Crippen LogP contribution < -0.4 is 0 Å². The van der Waals surface area contributed by atoms with Crippen LogP contribution >= 0.6 is 15.9 Å². The second-order valence-corrected chi connectivity index (χ2v) is 7.36. The smallest absolute Gasteiger partial charge is 0.261 e. The molecule has 0 saturated heterocycles. The Hall–Kier alpha value is -2.54. The van der Waals surface area contributed by atoms with Crippen molar-refractivity contribution in [3.05, 3.63) is 63.9 Å². The van der Waals surface area contributed by atoms with Gasteiger partial charge in [0.2, 0.25) is 5.91 Å². The van der Waals surface area contributed by atoms with Crippen molar-refractivity contribution in [2.24, 2.45) is 0 Å². The van der Waals surface area contributed by atoms with E-state index in [1.54, 1.807) is 36.3 Å². The number of carbonyl (C=O) groups excluding carboxylic acids is 3. The van der Waals surface area contributed by atoms with E-state index in [0.717, 1.165) is 10.2 Å². The average Bonchev–Trinajstić information content (AvgIpc) is 2.91. The van der Waals surface area contributed by atoms with Crippen LogP contribution in [0.4, 0.5) is 0 Å². The third kappa shape index (κ3) is 4.42. The van der Waals surface area contributed by atoms with Crippen molar-refractivity contribution in [2.75, 3.05) is 20.1 Å². The first-order valence-electron chi connectivity index (χ1n) is 8.77. The highest BCUT2D eigenvalue weighted by Crippen LogP contribution is 2.26. The van der Waals surface area contributed by atoms with Crippen LogP contribution in [-0.2, 0) is 11.2 Å². The summed E-state index contributed by atoms with van der Waals surface area (Å²) in [5.41, 5.74) is 1.77. The molecule has 0 unspecified atom stereocenters. The number of imide groups is 1. The molecule has 27 heavy (non-hydrogen) atoms. The lowest BCUT2D eigenvalue weighted by molar-refractivity contribution is -0.130. The molecule has 7 heteroatoms. The van der Waals surface area contributed by atoms with Crippen LogP contribution in [0, 0.1) is 0 Å². The maximum absolute atomic E-state index is 12.4. The molecular weight excluding hydrogens is 410 g/mol. The number of rotatable bonds is 7. The Kier molecular flexibility index (Phi) is 6.01. The molecule has 2 aromatic rings. The number of hydrogen-bond donors (Lipinski definition) is 0. The van der Waals surface area contributed by atoms with E-state index in [2.05, 4.69) is 20.9 Å². The molecule has 3 amide bonds. The summed E-state index contributed by atoms with van der Waals surface area (Å²) in [4.78, 5) is 44.2. The second kappa shape index (κ2) is 8.43. The second-order valence-electron chi connectivity index (χ2n) is 6.44. The highest BCUT2D eigenvalue weighted by atomic mass is 79.9. The highest BCUT2D eigenvalue weighted by molar-refractivity contribution is 9.10. The van der Waals surface area contributed by atoms with Crippen molar-refractivity contribution < 1.29 is 14.4 Å². The Morgan fingerprint density at radius 2 is 1.93 bits per heavy atom. The number of fused-ring (bicyclic) bond motifs is 1. The van der Waals surface area contributed by atoms with Crippen LogP contribution in [0.5, 0.6) is 0 Å². The Balaban J connectivity index is 1.47. The van der Waals surface area contributed by atoms with Gasteiger partial charge in [0.05, 0.1) is 11.1 Å². The van der Waals surface area contributed by atoms with Gasteiger partial charge < -0.3 is 4.90 Å². The van der Waals surface area contributed by atoms with Crippen LogP contribution in [0.3, 0.4) is 0 Å². The lowest BCUT2D eigenvalue weighted by Gasteiger charge is -2.18. The molecule has 0 N–H and O–H groups in total. The zero-order valence-electron chi connectivity index (χ0n) is 15.0. The van der Waals surface area contributed by atoms with Gasteiger partial charge in [-0.05, 0) is 36.8 Å². The normalized spacial score (nSPS) is 13.0. The molecule has 1 aromatic heterocycles. The van der Waals surface area contributed by atoms with E-state index in [1.807, 2.05) is 18.2 Å². The number of aromatic nitrogens is 1. The summed E-state index contributed by atoms with van der Waals surface area (Å²) in [7, 11) is 1.75. The van der Waals surface area contributed by atoms with Crippen molar-refractivity contribution >= 4 is 33.7 Å². The van der Waals surface area contributed by atoms with Crippen LogP contribution in [0.1, 0.15) is 39.3 Å².